The Balaban J connectivity index is 1.67. The van der Waals surface area contributed by atoms with Crippen molar-refractivity contribution in [2.24, 2.45) is 12.0 Å². The number of aryl methyl sites for hydroxylation is 1. The first-order valence-corrected chi connectivity index (χ1v) is 9.87. The van der Waals surface area contributed by atoms with Crippen molar-refractivity contribution in [1.82, 2.24) is 20.1 Å². The summed E-state index contributed by atoms with van der Waals surface area (Å²) in [4.78, 5) is 28.0. The first kappa shape index (κ1) is 18.7. The maximum Gasteiger partial charge on any atom is 0.184 e. The lowest BCUT2D eigenvalue weighted by Crippen LogP contribution is -2.29. The number of anilines is 1. The van der Waals surface area contributed by atoms with Crippen LogP contribution in [0.15, 0.2) is 53.8 Å². The van der Waals surface area contributed by atoms with Gasteiger partial charge in [0.1, 0.15) is 24.8 Å². The average molecular weight is 402 g/mol. The summed E-state index contributed by atoms with van der Waals surface area (Å²) >= 11 is 0. The number of nitrogens with zero attached hydrogens (tertiary/aromatic N) is 4. The van der Waals surface area contributed by atoms with Gasteiger partial charge in [0.2, 0.25) is 0 Å². The number of rotatable bonds is 4. The fourth-order valence-corrected chi connectivity index (χ4v) is 4.19. The summed E-state index contributed by atoms with van der Waals surface area (Å²) in [6, 6.07) is 13.9. The van der Waals surface area contributed by atoms with E-state index in [4.69, 9.17) is 9.83 Å². The van der Waals surface area contributed by atoms with Crippen molar-refractivity contribution in [3.8, 4) is 0 Å². The molecule has 2 aliphatic rings. The Bertz CT molecular complexity index is 1130. The summed E-state index contributed by atoms with van der Waals surface area (Å²) in [5.41, 5.74) is 8.24. The minimum absolute atomic E-state index is 0.00369. The van der Waals surface area contributed by atoms with Crippen LogP contribution < -0.4 is 10.8 Å². The lowest BCUT2D eigenvalue weighted by atomic mass is 9.83. The van der Waals surface area contributed by atoms with Gasteiger partial charge in [0.25, 0.3) is 0 Å². The molecule has 0 aliphatic carbocycles. The first-order valence-electron chi connectivity index (χ1n) is 9.87. The van der Waals surface area contributed by atoms with E-state index in [2.05, 4.69) is 45.1 Å². The second-order valence-electron chi connectivity index (χ2n) is 7.48. The first-order chi connectivity index (χ1) is 14.7. The molecule has 0 spiro atoms. The van der Waals surface area contributed by atoms with Gasteiger partial charge in [0.15, 0.2) is 5.78 Å². The van der Waals surface area contributed by atoms with Gasteiger partial charge in [-0.15, -0.1) is 0 Å². The van der Waals surface area contributed by atoms with Gasteiger partial charge in [-0.1, -0.05) is 36.4 Å². The van der Waals surface area contributed by atoms with E-state index in [1.165, 1.54) is 11.9 Å². The van der Waals surface area contributed by atoms with E-state index in [0.717, 1.165) is 34.9 Å². The van der Waals surface area contributed by atoms with Gasteiger partial charge in [0, 0.05) is 24.7 Å². The smallest absolute Gasteiger partial charge is 0.184 e. The largest absolute Gasteiger partial charge is 0.316 e. The highest BCUT2D eigenvalue weighted by Crippen LogP contribution is 2.42. The molecule has 3 aromatic rings. The monoisotopic (exact) mass is 402 g/mol. The molecule has 30 heavy (non-hydrogen) atoms. The van der Waals surface area contributed by atoms with E-state index in [0.29, 0.717) is 5.56 Å². The second kappa shape index (κ2) is 7.47. The Morgan fingerprint density at radius 2 is 2.07 bits per heavy atom. The second-order valence-corrected chi connectivity index (χ2v) is 7.48. The molecule has 2 aliphatic heterocycles. The van der Waals surface area contributed by atoms with Crippen LogP contribution in [0, 0.1) is 0 Å². The van der Waals surface area contributed by atoms with Crippen LogP contribution in [0.4, 0.5) is 5.69 Å². The fourth-order valence-electron chi connectivity index (χ4n) is 4.19. The maximum atomic E-state index is 12.5. The molecule has 0 fully saturated rings. The van der Waals surface area contributed by atoms with Crippen molar-refractivity contribution < 1.29 is 9.63 Å². The van der Waals surface area contributed by atoms with Crippen molar-refractivity contribution in [2.75, 3.05) is 19.1 Å². The third-order valence-electron chi connectivity index (χ3n) is 5.62. The number of aliphatic imine (C=N–C) groups is 1. The number of aromatic nitrogens is 3. The van der Waals surface area contributed by atoms with Crippen LogP contribution in [0.5, 0.6) is 0 Å². The van der Waals surface area contributed by atoms with E-state index in [1.807, 2.05) is 32.3 Å². The summed E-state index contributed by atoms with van der Waals surface area (Å²) in [7, 11) is 3.78. The Labute approximate surface area is 174 Å². The van der Waals surface area contributed by atoms with Gasteiger partial charge >= 0.3 is 0 Å². The summed E-state index contributed by atoms with van der Waals surface area (Å²) in [6.07, 6.45) is 1.13. The summed E-state index contributed by atoms with van der Waals surface area (Å²) in [5.74, 6) is 0.413. The molecule has 0 radical (unpaired) electrons. The minimum atomic E-state index is -0.399. The summed E-state index contributed by atoms with van der Waals surface area (Å²) in [6.45, 7) is 0.911. The highest BCUT2D eigenvalue weighted by Gasteiger charge is 2.41. The minimum Gasteiger partial charge on any atom is -0.316 e. The molecule has 8 heteroatoms. The molecule has 0 bridgehead atoms. The third kappa shape index (κ3) is 3.01. The van der Waals surface area contributed by atoms with Gasteiger partial charge in [-0.25, -0.2) is 4.98 Å². The zero-order valence-electron chi connectivity index (χ0n) is 16.8. The van der Waals surface area contributed by atoms with Crippen molar-refractivity contribution in [1.29, 1.82) is 0 Å². The molecule has 152 valence electrons. The molecule has 2 atom stereocenters. The zero-order valence-corrected chi connectivity index (χ0v) is 16.8. The topological polar surface area (TPSA) is 93.4 Å². The number of nitrogens with one attached hydrogen (secondary N) is 2. The molecule has 8 nitrogen and oxygen atoms in total. The van der Waals surface area contributed by atoms with Crippen LogP contribution in [0.1, 0.15) is 44.9 Å². The maximum absolute atomic E-state index is 12.5. The van der Waals surface area contributed by atoms with Crippen LogP contribution >= 0.6 is 0 Å². The number of hydrogen-bond acceptors (Lipinski definition) is 7. The lowest BCUT2D eigenvalue weighted by Gasteiger charge is -2.26. The van der Waals surface area contributed by atoms with Crippen LogP contribution in [0.25, 0.3) is 0 Å². The Morgan fingerprint density at radius 3 is 2.80 bits per heavy atom. The van der Waals surface area contributed by atoms with E-state index in [1.54, 1.807) is 4.68 Å². The molecule has 0 saturated carbocycles. The number of Topliss-reactive ketones (excluding diaryl/α,β-unsaturated/α-hetero) is 1. The number of carbonyl (C=O) groups excluding carboxylic acids is 1. The molecule has 2 aromatic carbocycles. The van der Waals surface area contributed by atoms with Crippen LogP contribution in [-0.2, 0) is 18.4 Å². The highest BCUT2D eigenvalue weighted by atomic mass is 16.7. The predicted octanol–water partition coefficient (Wildman–Crippen LogP) is 2.40. The molecular formula is C22H22N6O2. The van der Waals surface area contributed by atoms with E-state index in [9.17, 15) is 4.79 Å². The van der Waals surface area contributed by atoms with E-state index < -0.39 is 6.10 Å². The molecule has 5 rings (SSSR count). The highest BCUT2D eigenvalue weighted by molar-refractivity contribution is 6.20. The number of hydrogen-bond donors (Lipinski definition) is 2. The van der Waals surface area contributed by atoms with Crippen molar-refractivity contribution in [2.45, 2.75) is 18.6 Å². The molecule has 2 N–H and O–H groups in total. The van der Waals surface area contributed by atoms with Gasteiger partial charge < -0.3 is 5.32 Å². The van der Waals surface area contributed by atoms with Crippen molar-refractivity contribution in [3.05, 3.63) is 76.9 Å². The van der Waals surface area contributed by atoms with Gasteiger partial charge in [-0.05, 0) is 24.2 Å². The standard InChI is InChI=1S/C22H22N6O2/c1-23-10-13-6-8-14(9-7-13)21-19(22-25-12-26-28(22)2)20-18-15(17(29)11-24-20)4-3-5-16(18)27-30-21/h3-9,12,19,21,23,27H,10-11H2,1-2H3. The van der Waals surface area contributed by atoms with Gasteiger partial charge in [-0.3, -0.25) is 24.8 Å². The Kier molecular flexibility index (Phi) is 4.65. The molecule has 0 saturated heterocycles. The summed E-state index contributed by atoms with van der Waals surface area (Å²) < 4.78 is 1.74. The number of carbonyl (C=O) groups is 1. The molecule has 3 heterocycles. The Morgan fingerprint density at radius 1 is 1.23 bits per heavy atom. The van der Waals surface area contributed by atoms with Gasteiger partial charge in [0.05, 0.1) is 17.3 Å². The number of benzene rings is 2. The fraction of sp³-hybridized carbons (Fsp3) is 0.273. The third-order valence-corrected chi connectivity index (χ3v) is 5.62. The summed E-state index contributed by atoms with van der Waals surface area (Å²) in [5, 5.41) is 7.43. The Hall–Kier alpha value is -3.36. The molecular weight excluding hydrogens is 380 g/mol. The van der Waals surface area contributed by atoms with Crippen LogP contribution in [0.3, 0.4) is 0 Å². The van der Waals surface area contributed by atoms with Gasteiger partial charge in [-0.2, -0.15) is 5.10 Å². The van der Waals surface area contributed by atoms with Crippen LogP contribution in [-0.4, -0.2) is 39.9 Å². The predicted molar refractivity (Wildman–Crippen MR) is 113 cm³/mol. The van der Waals surface area contributed by atoms with E-state index >= 15 is 0 Å². The van der Waals surface area contributed by atoms with Crippen LogP contribution in [0.2, 0.25) is 0 Å². The average Bonchev–Trinajstić information content (AvgIpc) is 3.11. The number of ketones is 1. The lowest BCUT2D eigenvalue weighted by molar-refractivity contribution is 0.0921. The molecule has 1 aromatic heterocycles. The zero-order chi connectivity index (χ0) is 20.7. The van der Waals surface area contributed by atoms with Crippen molar-refractivity contribution >= 4 is 17.2 Å². The van der Waals surface area contributed by atoms with E-state index in [-0.39, 0.29) is 18.2 Å². The SMILES string of the molecule is CNCc1ccc(C2ONc3cccc4c3C(=NCC4=O)C2c2ncnn2C)cc1. The normalized spacial score (nSPS) is 20.2. The quantitative estimate of drug-likeness (QED) is 0.696. The molecule has 0 amide bonds. The van der Waals surface area contributed by atoms with Crippen molar-refractivity contribution in [3.63, 3.8) is 0 Å². The molecule has 2 unspecified atom stereocenters.